The highest BCUT2D eigenvalue weighted by Gasteiger charge is 2.19. The zero-order chi connectivity index (χ0) is 58.5. The Morgan fingerprint density at radius 3 is 0.778 bits per heavy atom. The van der Waals surface area contributed by atoms with E-state index in [-0.39, 0.29) is 31.1 Å². The van der Waals surface area contributed by atoms with Gasteiger partial charge in [0, 0.05) is 19.3 Å². The summed E-state index contributed by atoms with van der Waals surface area (Å²) in [6.45, 7) is 6.53. The lowest BCUT2D eigenvalue weighted by Crippen LogP contribution is -2.30. The minimum Gasteiger partial charge on any atom is -0.462 e. The molecule has 0 saturated heterocycles. The number of unbranched alkanes of at least 4 members (excludes halogenated alkanes) is 36. The number of carbonyl (C=O) groups excluding carboxylic acids is 3. The molecule has 0 heterocycles. The van der Waals surface area contributed by atoms with Crippen LogP contribution < -0.4 is 0 Å². The number of carbonyl (C=O) groups is 3. The van der Waals surface area contributed by atoms with Gasteiger partial charge in [0.25, 0.3) is 0 Å². The van der Waals surface area contributed by atoms with E-state index in [0.717, 1.165) is 128 Å². The summed E-state index contributed by atoms with van der Waals surface area (Å²) in [5, 5.41) is 0. The summed E-state index contributed by atoms with van der Waals surface area (Å²) in [6.07, 6.45) is 92.8. The van der Waals surface area contributed by atoms with E-state index >= 15 is 0 Å². The summed E-state index contributed by atoms with van der Waals surface area (Å²) in [7, 11) is 0. The van der Waals surface area contributed by atoms with E-state index in [2.05, 4.69) is 118 Å². The van der Waals surface area contributed by atoms with Crippen molar-refractivity contribution in [1.82, 2.24) is 0 Å². The van der Waals surface area contributed by atoms with Crippen LogP contribution in [0.25, 0.3) is 0 Å². The average molecular weight is 1130 g/mol. The second-order valence-corrected chi connectivity index (χ2v) is 23.1. The Hall–Kier alpha value is -3.67. The Labute approximate surface area is 502 Å². The van der Waals surface area contributed by atoms with Crippen LogP contribution in [-0.4, -0.2) is 37.2 Å². The molecule has 81 heavy (non-hydrogen) atoms. The van der Waals surface area contributed by atoms with Crippen LogP contribution in [-0.2, 0) is 28.6 Å². The second-order valence-electron chi connectivity index (χ2n) is 23.1. The number of hydrogen-bond donors (Lipinski definition) is 0. The van der Waals surface area contributed by atoms with Gasteiger partial charge in [-0.1, -0.05) is 317 Å². The molecule has 6 heteroatoms. The molecule has 0 saturated carbocycles. The third kappa shape index (κ3) is 67.0. The van der Waals surface area contributed by atoms with Gasteiger partial charge in [0.15, 0.2) is 6.10 Å². The molecule has 0 amide bonds. The molecule has 0 aliphatic carbocycles. The van der Waals surface area contributed by atoms with Crippen molar-refractivity contribution in [3.63, 3.8) is 0 Å². The van der Waals surface area contributed by atoms with Gasteiger partial charge in [-0.25, -0.2) is 0 Å². The van der Waals surface area contributed by atoms with Gasteiger partial charge in [-0.15, -0.1) is 0 Å². The predicted molar refractivity (Wildman–Crippen MR) is 353 cm³/mol. The van der Waals surface area contributed by atoms with Crippen molar-refractivity contribution in [2.45, 2.75) is 348 Å². The standard InChI is InChI=1S/C75H130O6/c1-4-7-10-13-16-19-22-25-27-29-31-33-35-36-37-38-40-41-43-45-47-50-53-56-59-62-65-68-74(77)80-71-72(70-79-73(76)67-64-61-58-55-52-49-24-21-18-15-12-9-6-3)81-75(78)69-66-63-60-57-54-51-48-46-44-42-39-34-32-30-28-26-23-20-17-14-11-8-5-2/h7,10,16,19,21,24-25,27,31,33,36-37,40-41,45,47,72H,4-6,8-9,11-15,17-18,20,22-23,26,28-30,32,34-35,38-39,42-44,46,48-71H2,1-3H3/b10-7-,19-16-,24-21-,27-25-,33-31-,37-36-,41-40-,47-45-. The number of hydrogen-bond acceptors (Lipinski definition) is 6. The van der Waals surface area contributed by atoms with Crippen LogP contribution in [0.3, 0.4) is 0 Å². The van der Waals surface area contributed by atoms with E-state index < -0.39 is 6.10 Å². The van der Waals surface area contributed by atoms with Gasteiger partial charge in [-0.05, 0) is 103 Å². The van der Waals surface area contributed by atoms with Gasteiger partial charge < -0.3 is 14.2 Å². The molecule has 0 N–H and O–H groups in total. The molecule has 0 bridgehead atoms. The second kappa shape index (κ2) is 68.8. The Morgan fingerprint density at radius 2 is 0.481 bits per heavy atom. The van der Waals surface area contributed by atoms with Crippen LogP contribution in [0.15, 0.2) is 97.2 Å². The summed E-state index contributed by atoms with van der Waals surface area (Å²) in [5.41, 5.74) is 0. The summed E-state index contributed by atoms with van der Waals surface area (Å²) in [6, 6.07) is 0. The fraction of sp³-hybridized carbons (Fsp3) is 0.747. The van der Waals surface area contributed by atoms with E-state index in [1.54, 1.807) is 0 Å². The summed E-state index contributed by atoms with van der Waals surface area (Å²) >= 11 is 0. The smallest absolute Gasteiger partial charge is 0.306 e. The van der Waals surface area contributed by atoms with Gasteiger partial charge >= 0.3 is 17.9 Å². The molecule has 0 aromatic rings. The number of rotatable bonds is 63. The maximum atomic E-state index is 12.9. The zero-order valence-electron chi connectivity index (χ0n) is 53.5. The monoisotopic (exact) mass is 1130 g/mol. The van der Waals surface area contributed by atoms with Crippen LogP contribution in [0.2, 0.25) is 0 Å². The average Bonchev–Trinajstić information content (AvgIpc) is 3.46. The van der Waals surface area contributed by atoms with E-state index in [9.17, 15) is 14.4 Å². The lowest BCUT2D eigenvalue weighted by Gasteiger charge is -2.18. The third-order valence-electron chi connectivity index (χ3n) is 15.1. The molecule has 466 valence electrons. The largest absolute Gasteiger partial charge is 0.462 e. The molecule has 1 atom stereocenters. The maximum Gasteiger partial charge on any atom is 0.306 e. The van der Waals surface area contributed by atoms with Crippen molar-refractivity contribution in [1.29, 1.82) is 0 Å². The molecule has 6 nitrogen and oxygen atoms in total. The molecule has 0 aliphatic heterocycles. The van der Waals surface area contributed by atoms with Gasteiger partial charge in [0.1, 0.15) is 13.2 Å². The lowest BCUT2D eigenvalue weighted by molar-refractivity contribution is -0.167. The minimum absolute atomic E-state index is 0.0854. The lowest BCUT2D eigenvalue weighted by atomic mass is 10.0. The first-order chi connectivity index (χ1) is 40.0. The Morgan fingerprint density at radius 1 is 0.259 bits per heavy atom. The first-order valence-corrected chi connectivity index (χ1v) is 34.7. The molecule has 0 radical (unpaired) electrons. The molecule has 0 spiro atoms. The zero-order valence-corrected chi connectivity index (χ0v) is 53.5. The van der Waals surface area contributed by atoms with Gasteiger partial charge in [-0.2, -0.15) is 0 Å². The molecule has 0 rings (SSSR count). The van der Waals surface area contributed by atoms with Crippen LogP contribution >= 0.6 is 0 Å². The summed E-state index contributed by atoms with van der Waals surface area (Å²) in [5.74, 6) is -0.897. The van der Waals surface area contributed by atoms with E-state index in [1.807, 2.05) is 0 Å². The van der Waals surface area contributed by atoms with Crippen molar-refractivity contribution in [2.24, 2.45) is 0 Å². The Kier molecular flexibility index (Phi) is 65.7. The van der Waals surface area contributed by atoms with Crippen molar-refractivity contribution >= 4 is 17.9 Å². The molecular weight excluding hydrogens is 997 g/mol. The minimum atomic E-state index is -0.790. The topological polar surface area (TPSA) is 78.9 Å². The highest BCUT2D eigenvalue weighted by atomic mass is 16.6. The van der Waals surface area contributed by atoms with Crippen LogP contribution in [0, 0.1) is 0 Å². The number of ether oxygens (including phenoxy) is 3. The Bertz CT molecular complexity index is 1580. The molecule has 1 unspecified atom stereocenters. The molecule has 0 aromatic carbocycles. The molecule has 0 aromatic heterocycles. The predicted octanol–water partition coefficient (Wildman–Crippen LogP) is 24.0. The van der Waals surface area contributed by atoms with Gasteiger partial charge in [-0.3, -0.25) is 14.4 Å². The first-order valence-electron chi connectivity index (χ1n) is 34.7. The number of allylic oxidation sites excluding steroid dienone is 16. The van der Waals surface area contributed by atoms with Crippen molar-refractivity contribution in [3.05, 3.63) is 97.2 Å². The summed E-state index contributed by atoms with van der Waals surface area (Å²) < 4.78 is 17.0. The SMILES string of the molecule is CC/C=C\C/C=C\C/C=C\C/C=C\C/C=C\C/C=C\C/C=C\CCCCCCCC(=O)OCC(COC(=O)CCCCCCC/C=C\CCCCCC)OC(=O)CCCCCCCCCCCCCCCCCCCCCCCCC. The third-order valence-corrected chi connectivity index (χ3v) is 15.1. The molecule has 0 aliphatic rings. The van der Waals surface area contributed by atoms with Crippen molar-refractivity contribution < 1.29 is 28.6 Å². The highest BCUT2D eigenvalue weighted by molar-refractivity contribution is 5.71. The van der Waals surface area contributed by atoms with Crippen LogP contribution in [0.1, 0.15) is 342 Å². The molecular formula is C75H130O6. The summed E-state index contributed by atoms with van der Waals surface area (Å²) in [4.78, 5) is 38.4. The molecule has 0 fully saturated rings. The first kappa shape index (κ1) is 77.3. The normalized spacial score (nSPS) is 12.7. The van der Waals surface area contributed by atoms with Gasteiger partial charge in [0.05, 0.1) is 0 Å². The fourth-order valence-corrected chi connectivity index (χ4v) is 9.89. The van der Waals surface area contributed by atoms with E-state index in [4.69, 9.17) is 14.2 Å². The Balaban J connectivity index is 4.34. The highest BCUT2D eigenvalue weighted by Crippen LogP contribution is 2.17. The number of esters is 3. The fourth-order valence-electron chi connectivity index (χ4n) is 9.89. The van der Waals surface area contributed by atoms with Gasteiger partial charge in [0.2, 0.25) is 0 Å². The van der Waals surface area contributed by atoms with Crippen molar-refractivity contribution in [3.8, 4) is 0 Å². The van der Waals surface area contributed by atoms with Crippen LogP contribution in [0.4, 0.5) is 0 Å². The van der Waals surface area contributed by atoms with Crippen molar-refractivity contribution in [2.75, 3.05) is 13.2 Å². The maximum absolute atomic E-state index is 12.9. The van der Waals surface area contributed by atoms with E-state index in [0.29, 0.717) is 19.3 Å². The van der Waals surface area contributed by atoms with Crippen LogP contribution in [0.5, 0.6) is 0 Å². The quantitative estimate of drug-likeness (QED) is 0.0261. The van der Waals surface area contributed by atoms with E-state index in [1.165, 1.54) is 173 Å².